The van der Waals surface area contributed by atoms with Gasteiger partial charge in [0.1, 0.15) is 18.0 Å². The Balaban J connectivity index is 1.69. The summed E-state index contributed by atoms with van der Waals surface area (Å²) in [5.41, 5.74) is -0.299. The van der Waals surface area contributed by atoms with Crippen LogP contribution in [0.2, 0.25) is 0 Å². The second kappa shape index (κ2) is 5.77. The van der Waals surface area contributed by atoms with Crippen LogP contribution in [0.15, 0.2) is 12.4 Å². The average Bonchev–Trinajstić information content (AvgIpc) is 3.09. The fraction of sp³-hybridized carbons (Fsp3) is 0.733. The van der Waals surface area contributed by atoms with Crippen molar-refractivity contribution in [1.29, 1.82) is 0 Å². The van der Waals surface area contributed by atoms with E-state index in [2.05, 4.69) is 4.98 Å². The van der Waals surface area contributed by atoms with Gasteiger partial charge in [-0.15, -0.1) is 0 Å². The second-order valence-corrected chi connectivity index (χ2v) is 5.95. The van der Waals surface area contributed by atoms with Crippen LogP contribution in [0.4, 0.5) is 0 Å². The average molecular weight is 293 g/mol. The number of aryl methyl sites for hydroxylation is 1. The molecule has 2 fully saturated rings. The van der Waals surface area contributed by atoms with Gasteiger partial charge in [0.2, 0.25) is 5.91 Å². The number of hydrogen-bond acceptors (Lipinski definition) is 4. The predicted octanol–water partition coefficient (Wildman–Crippen LogP) is 0.988. The molecular formula is C15H23N3O3. The lowest BCUT2D eigenvalue weighted by molar-refractivity contribution is -0.161. The molecule has 0 aliphatic carbocycles. The lowest BCUT2D eigenvalue weighted by Crippen LogP contribution is -2.58. The highest BCUT2D eigenvalue weighted by Crippen LogP contribution is 2.36. The molecule has 116 valence electrons. The number of rotatable bonds is 3. The summed E-state index contributed by atoms with van der Waals surface area (Å²) in [6.07, 6.45) is 6.52. The van der Waals surface area contributed by atoms with E-state index in [-0.39, 0.29) is 17.6 Å². The van der Waals surface area contributed by atoms with Gasteiger partial charge in [0.15, 0.2) is 0 Å². The molecule has 1 aromatic heterocycles. The Morgan fingerprint density at radius 2 is 2.48 bits per heavy atom. The van der Waals surface area contributed by atoms with Crippen LogP contribution in [0.5, 0.6) is 0 Å². The van der Waals surface area contributed by atoms with Crippen LogP contribution in [0.3, 0.4) is 0 Å². The molecule has 0 radical (unpaired) electrons. The van der Waals surface area contributed by atoms with Gasteiger partial charge in [-0.05, 0) is 26.2 Å². The van der Waals surface area contributed by atoms with Crippen molar-refractivity contribution in [3.05, 3.63) is 18.2 Å². The molecule has 0 bridgehead atoms. The molecule has 3 rings (SSSR count). The van der Waals surface area contributed by atoms with Gasteiger partial charge in [-0.2, -0.15) is 0 Å². The second-order valence-electron chi connectivity index (χ2n) is 5.95. The van der Waals surface area contributed by atoms with Gasteiger partial charge in [0.05, 0.1) is 12.6 Å². The molecule has 1 amide bonds. The SMILES string of the molecule is CO[C@H]1CCN(C(=O)Cn2ccnc2C)C[C@@]12CCCO2. The Morgan fingerprint density at radius 3 is 3.10 bits per heavy atom. The minimum atomic E-state index is -0.299. The summed E-state index contributed by atoms with van der Waals surface area (Å²) >= 11 is 0. The molecule has 0 saturated carbocycles. The highest BCUT2D eigenvalue weighted by atomic mass is 16.6. The van der Waals surface area contributed by atoms with Crippen LogP contribution in [0.1, 0.15) is 25.1 Å². The Kier molecular flexibility index (Phi) is 3.99. The minimum Gasteiger partial charge on any atom is -0.378 e. The fourth-order valence-electron chi connectivity index (χ4n) is 3.50. The largest absolute Gasteiger partial charge is 0.378 e. The number of piperidine rings is 1. The van der Waals surface area contributed by atoms with E-state index in [0.717, 1.165) is 38.2 Å². The third-order valence-corrected chi connectivity index (χ3v) is 4.71. The van der Waals surface area contributed by atoms with Gasteiger partial charge < -0.3 is 18.9 Å². The molecule has 2 aliphatic rings. The number of amides is 1. The Bertz CT molecular complexity index is 508. The molecule has 1 spiro atoms. The van der Waals surface area contributed by atoms with Crippen molar-refractivity contribution in [3.8, 4) is 0 Å². The highest BCUT2D eigenvalue weighted by molar-refractivity contribution is 5.76. The van der Waals surface area contributed by atoms with Gasteiger partial charge in [-0.25, -0.2) is 4.98 Å². The van der Waals surface area contributed by atoms with Crippen molar-refractivity contribution in [2.24, 2.45) is 0 Å². The van der Waals surface area contributed by atoms with Crippen molar-refractivity contribution >= 4 is 5.91 Å². The number of aromatic nitrogens is 2. The quantitative estimate of drug-likeness (QED) is 0.834. The van der Waals surface area contributed by atoms with Crippen molar-refractivity contribution in [2.45, 2.75) is 44.4 Å². The summed E-state index contributed by atoms with van der Waals surface area (Å²) in [7, 11) is 1.74. The van der Waals surface area contributed by atoms with E-state index in [1.165, 1.54) is 0 Å². The topological polar surface area (TPSA) is 56.6 Å². The Morgan fingerprint density at radius 1 is 1.62 bits per heavy atom. The molecule has 3 heterocycles. The molecule has 0 unspecified atom stereocenters. The molecule has 0 N–H and O–H groups in total. The zero-order valence-corrected chi connectivity index (χ0v) is 12.7. The first-order chi connectivity index (χ1) is 10.1. The Labute approximate surface area is 125 Å². The molecule has 0 aromatic carbocycles. The van der Waals surface area contributed by atoms with Gasteiger partial charge in [0, 0.05) is 32.7 Å². The monoisotopic (exact) mass is 293 g/mol. The first kappa shape index (κ1) is 14.5. The van der Waals surface area contributed by atoms with Crippen LogP contribution in [-0.4, -0.2) is 58.9 Å². The van der Waals surface area contributed by atoms with E-state index < -0.39 is 0 Å². The van der Waals surface area contributed by atoms with Crippen LogP contribution < -0.4 is 0 Å². The number of ether oxygens (including phenoxy) is 2. The van der Waals surface area contributed by atoms with Crippen LogP contribution in [0.25, 0.3) is 0 Å². The Hall–Kier alpha value is -1.40. The number of methoxy groups -OCH3 is 1. The van der Waals surface area contributed by atoms with Gasteiger partial charge in [0.25, 0.3) is 0 Å². The summed E-state index contributed by atoms with van der Waals surface area (Å²) in [4.78, 5) is 18.6. The summed E-state index contributed by atoms with van der Waals surface area (Å²) in [5.74, 6) is 0.988. The van der Waals surface area contributed by atoms with Crippen LogP contribution in [-0.2, 0) is 20.8 Å². The van der Waals surface area contributed by atoms with E-state index in [1.54, 1.807) is 13.3 Å². The molecule has 1 aromatic rings. The summed E-state index contributed by atoms with van der Waals surface area (Å²) in [6, 6.07) is 0. The minimum absolute atomic E-state index is 0.0963. The number of imidazole rings is 1. The zero-order chi connectivity index (χ0) is 14.9. The number of likely N-dealkylation sites (tertiary alicyclic amines) is 1. The standard InChI is InChI=1S/C15H23N3O3/c1-12-16-6-8-17(12)10-14(19)18-7-4-13(20-2)15(11-18)5-3-9-21-15/h6,8,13H,3-5,7,9-11H2,1-2H3/t13-,15-/m0/s1. The number of nitrogens with zero attached hydrogens (tertiary/aromatic N) is 3. The predicted molar refractivity (Wildman–Crippen MR) is 76.9 cm³/mol. The highest BCUT2D eigenvalue weighted by Gasteiger charge is 2.48. The molecule has 2 atom stereocenters. The van der Waals surface area contributed by atoms with E-state index >= 15 is 0 Å². The number of carbonyl (C=O) groups excluding carboxylic acids is 1. The van der Waals surface area contributed by atoms with Crippen LogP contribution >= 0.6 is 0 Å². The molecule has 21 heavy (non-hydrogen) atoms. The first-order valence-electron chi connectivity index (χ1n) is 7.57. The summed E-state index contributed by atoms with van der Waals surface area (Å²) < 4.78 is 13.5. The maximum absolute atomic E-state index is 12.5. The number of hydrogen-bond donors (Lipinski definition) is 0. The third-order valence-electron chi connectivity index (χ3n) is 4.71. The molecule has 2 aliphatic heterocycles. The summed E-state index contributed by atoms with van der Waals surface area (Å²) in [5, 5.41) is 0. The number of carbonyl (C=O) groups is 1. The van der Waals surface area contributed by atoms with E-state index in [1.807, 2.05) is 22.6 Å². The van der Waals surface area contributed by atoms with Gasteiger partial charge in [-0.3, -0.25) is 4.79 Å². The fourth-order valence-corrected chi connectivity index (χ4v) is 3.50. The van der Waals surface area contributed by atoms with Crippen LogP contribution in [0, 0.1) is 6.92 Å². The normalized spacial score (nSPS) is 29.2. The van der Waals surface area contributed by atoms with Crippen molar-refractivity contribution < 1.29 is 14.3 Å². The van der Waals surface area contributed by atoms with E-state index in [0.29, 0.717) is 13.1 Å². The third kappa shape index (κ3) is 2.70. The lowest BCUT2D eigenvalue weighted by Gasteiger charge is -2.44. The maximum atomic E-state index is 12.5. The molecule has 2 saturated heterocycles. The summed E-state index contributed by atoms with van der Waals surface area (Å²) in [6.45, 7) is 4.39. The first-order valence-corrected chi connectivity index (χ1v) is 7.57. The zero-order valence-electron chi connectivity index (χ0n) is 12.7. The van der Waals surface area contributed by atoms with E-state index in [4.69, 9.17) is 9.47 Å². The van der Waals surface area contributed by atoms with Gasteiger partial charge in [-0.1, -0.05) is 0 Å². The van der Waals surface area contributed by atoms with Gasteiger partial charge >= 0.3 is 0 Å². The molecular weight excluding hydrogens is 270 g/mol. The smallest absolute Gasteiger partial charge is 0.242 e. The van der Waals surface area contributed by atoms with Crippen molar-refractivity contribution in [3.63, 3.8) is 0 Å². The van der Waals surface area contributed by atoms with Crippen molar-refractivity contribution in [1.82, 2.24) is 14.5 Å². The maximum Gasteiger partial charge on any atom is 0.242 e. The van der Waals surface area contributed by atoms with Crippen molar-refractivity contribution in [2.75, 3.05) is 26.8 Å². The molecule has 6 heteroatoms. The van der Waals surface area contributed by atoms with E-state index in [9.17, 15) is 4.79 Å². The lowest BCUT2D eigenvalue weighted by atomic mass is 9.87. The molecule has 6 nitrogen and oxygen atoms in total.